The van der Waals surface area contributed by atoms with Crippen LogP contribution in [0.25, 0.3) is 0 Å². The van der Waals surface area contributed by atoms with Crippen LogP contribution >= 0.6 is 0 Å². The van der Waals surface area contributed by atoms with Crippen LogP contribution in [0.1, 0.15) is 49.7 Å². The first-order chi connectivity index (χ1) is 9.09. The molecule has 1 saturated carbocycles. The molecule has 0 heterocycles. The molecule has 3 heteroatoms. The first kappa shape index (κ1) is 14.1. The van der Waals surface area contributed by atoms with Gasteiger partial charge in [0.05, 0.1) is 12.0 Å². The average Bonchev–Trinajstić information content (AvgIpc) is 2.41. The highest BCUT2D eigenvalue weighted by Crippen LogP contribution is 2.30. The molecule has 0 saturated heterocycles. The fourth-order valence-corrected chi connectivity index (χ4v) is 2.98. The number of aliphatic hydroxyl groups excluding tert-OH is 1. The Morgan fingerprint density at radius 3 is 2.68 bits per heavy atom. The zero-order valence-electron chi connectivity index (χ0n) is 11.4. The Labute approximate surface area is 114 Å². The number of carbonyl (C=O) groups is 1. The Balaban J connectivity index is 2.17. The maximum atomic E-state index is 11.2. The number of carboxylic acids is 1. The van der Waals surface area contributed by atoms with E-state index in [1.54, 1.807) is 6.92 Å². The van der Waals surface area contributed by atoms with Gasteiger partial charge in [-0.2, -0.15) is 0 Å². The molecule has 1 aliphatic rings. The molecule has 3 nitrogen and oxygen atoms in total. The molecule has 0 bridgehead atoms. The Kier molecular flexibility index (Phi) is 4.59. The first-order valence-electron chi connectivity index (χ1n) is 7.08. The average molecular weight is 262 g/mol. The van der Waals surface area contributed by atoms with Crippen molar-refractivity contribution in [3.63, 3.8) is 0 Å². The lowest BCUT2D eigenvalue weighted by Gasteiger charge is -2.28. The van der Waals surface area contributed by atoms with Gasteiger partial charge in [-0.25, -0.2) is 0 Å². The summed E-state index contributed by atoms with van der Waals surface area (Å²) < 4.78 is 0. The minimum Gasteiger partial charge on any atom is -0.481 e. The molecule has 0 amide bonds. The summed E-state index contributed by atoms with van der Waals surface area (Å²) in [6.07, 6.45) is 4.73. The summed E-state index contributed by atoms with van der Waals surface area (Å²) in [7, 11) is 0. The lowest BCUT2D eigenvalue weighted by molar-refractivity contribution is -0.138. The molecule has 2 rings (SSSR count). The largest absolute Gasteiger partial charge is 0.481 e. The molecular weight excluding hydrogens is 240 g/mol. The van der Waals surface area contributed by atoms with Gasteiger partial charge in [-0.3, -0.25) is 4.79 Å². The molecule has 1 aromatic rings. The molecule has 0 aliphatic heterocycles. The van der Waals surface area contributed by atoms with E-state index in [1.807, 2.05) is 24.3 Å². The zero-order valence-corrected chi connectivity index (χ0v) is 11.4. The Bertz CT molecular complexity index is 441. The fourth-order valence-electron chi connectivity index (χ4n) is 2.98. The molecule has 0 aromatic heterocycles. The topological polar surface area (TPSA) is 57.5 Å². The molecule has 1 aromatic carbocycles. The smallest absolute Gasteiger partial charge is 0.310 e. The third-order valence-corrected chi connectivity index (χ3v) is 4.24. The van der Waals surface area contributed by atoms with Crippen LogP contribution in [0.3, 0.4) is 0 Å². The number of rotatable bonds is 4. The van der Waals surface area contributed by atoms with Crippen molar-refractivity contribution in [2.24, 2.45) is 5.92 Å². The monoisotopic (exact) mass is 262 g/mol. The van der Waals surface area contributed by atoms with Gasteiger partial charge < -0.3 is 10.2 Å². The molecule has 19 heavy (non-hydrogen) atoms. The highest BCUT2D eigenvalue weighted by molar-refractivity contribution is 5.76. The van der Waals surface area contributed by atoms with E-state index in [2.05, 4.69) is 0 Å². The highest BCUT2D eigenvalue weighted by Gasteiger charge is 2.25. The molecule has 0 spiro atoms. The van der Waals surface area contributed by atoms with Crippen molar-refractivity contribution < 1.29 is 15.0 Å². The van der Waals surface area contributed by atoms with E-state index in [-0.39, 0.29) is 12.0 Å². The van der Waals surface area contributed by atoms with E-state index in [0.29, 0.717) is 0 Å². The fraction of sp³-hybridized carbons (Fsp3) is 0.562. The van der Waals surface area contributed by atoms with E-state index < -0.39 is 11.9 Å². The predicted octanol–water partition coefficient (Wildman–Crippen LogP) is 2.97. The van der Waals surface area contributed by atoms with Gasteiger partial charge >= 0.3 is 5.97 Å². The Morgan fingerprint density at radius 1 is 1.32 bits per heavy atom. The predicted molar refractivity (Wildman–Crippen MR) is 74.2 cm³/mol. The number of hydrogen-bond donors (Lipinski definition) is 2. The van der Waals surface area contributed by atoms with Crippen LogP contribution in [0.5, 0.6) is 0 Å². The molecule has 0 radical (unpaired) electrons. The number of hydrogen-bond acceptors (Lipinski definition) is 2. The number of carboxylic acid groups (broad SMARTS) is 1. The minimum absolute atomic E-state index is 0.234. The number of aliphatic hydroxyl groups is 1. The van der Waals surface area contributed by atoms with Crippen molar-refractivity contribution in [3.8, 4) is 0 Å². The summed E-state index contributed by atoms with van der Waals surface area (Å²) >= 11 is 0. The highest BCUT2D eigenvalue weighted by atomic mass is 16.4. The molecular formula is C16H22O3. The summed E-state index contributed by atoms with van der Waals surface area (Å²) in [6, 6.07) is 7.72. The van der Waals surface area contributed by atoms with E-state index >= 15 is 0 Å². The van der Waals surface area contributed by atoms with E-state index in [4.69, 9.17) is 5.11 Å². The second-order valence-corrected chi connectivity index (χ2v) is 5.57. The summed E-state index contributed by atoms with van der Waals surface area (Å²) in [5.41, 5.74) is 1.95. The van der Waals surface area contributed by atoms with Gasteiger partial charge in [0.25, 0.3) is 0 Å². The maximum Gasteiger partial charge on any atom is 0.310 e. The number of aliphatic carboxylic acids is 1. The van der Waals surface area contributed by atoms with Crippen LogP contribution in [-0.4, -0.2) is 22.3 Å². The molecule has 104 valence electrons. The van der Waals surface area contributed by atoms with Gasteiger partial charge in [-0.1, -0.05) is 37.1 Å². The normalized spacial score (nSPS) is 24.9. The Morgan fingerprint density at radius 2 is 2.00 bits per heavy atom. The molecule has 1 fully saturated rings. The van der Waals surface area contributed by atoms with Crippen LogP contribution in [0, 0.1) is 5.92 Å². The van der Waals surface area contributed by atoms with Crippen molar-refractivity contribution in [2.75, 3.05) is 0 Å². The number of benzene rings is 1. The second-order valence-electron chi connectivity index (χ2n) is 5.57. The van der Waals surface area contributed by atoms with Gasteiger partial charge in [0.1, 0.15) is 0 Å². The van der Waals surface area contributed by atoms with E-state index in [0.717, 1.165) is 36.8 Å². The first-order valence-corrected chi connectivity index (χ1v) is 7.08. The molecule has 2 N–H and O–H groups in total. The third kappa shape index (κ3) is 3.35. The minimum atomic E-state index is -0.795. The van der Waals surface area contributed by atoms with Gasteiger partial charge in [0, 0.05) is 0 Å². The van der Waals surface area contributed by atoms with Crippen molar-refractivity contribution in [2.45, 2.75) is 51.0 Å². The zero-order chi connectivity index (χ0) is 13.8. The molecule has 3 atom stereocenters. The third-order valence-electron chi connectivity index (χ3n) is 4.24. The second kappa shape index (κ2) is 6.20. The summed E-state index contributed by atoms with van der Waals surface area (Å²) in [5.74, 6) is -1.01. The van der Waals surface area contributed by atoms with Crippen molar-refractivity contribution >= 4 is 5.97 Å². The summed E-state index contributed by atoms with van der Waals surface area (Å²) in [6.45, 7) is 1.72. The van der Waals surface area contributed by atoms with Crippen LogP contribution in [-0.2, 0) is 11.2 Å². The standard InChI is InChI=1S/C16H22O3/c1-11(16(18)19)14-8-4-2-6-12(14)10-13-7-3-5-9-15(13)17/h2,4,6,8,11,13,15,17H,3,5,7,9-10H2,1H3,(H,18,19). The van der Waals surface area contributed by atoms with Crippen LogP contribution in [0.15, 0.2) is 24.3 Å². The summed E-state index contributed by atoms with van der Waals surface area (Å²) in [4.78, 5) is 11.2. The molecule has 3 unspecified atom stereocenters. The van der Waals surface area contributed by atoms with Crippen molar-refractivity contribution in [1.29, 1.82) is 0 Å². The maximum absolute atomic E-state index is 11.2. The van der Waals surface area contributed by atoms with Crippen LogP contribution in [0.4, 0.5) is 0 Å². The van der Waals surface area contributed by atoms with Gasteiger partial charge in [-0.15, -0.1) is 0 Å². The van der Waals surface area contributed by atoms with Gasteiger partial charge in [0.2, 0.25) is 0 Å². The SMILES string of the molecule is CC(C(=O)O)c1ccccc1CC1CCCCC1O. The van der Waals surface area contributed by atoms with E-state index in [1.165, 1.54) is 6.42 Å². The van der Waals surface area contributed by atoms with Gasteiger partial charge in [0.15, 0.2) is 0 Å². The lowest BCUT2D eigenvalue weighted by Crippen LogP contribution is -2.26. The van der Waals surface area contributed by atoms with Crippen molar-refractivity contribution in [3.05, 3.63) is 35.4 Å². The van der Waals surface area contributed by atoms with Crippen LogP contribution < -0.4 is 0 Å². The quantitative estimate of drug-likeness (QED) is 0.877. The summed E-state index contributed by atoms with van der Waals surface area (Å²) in [5, 5.41) is 19.2. The van der Waals surface area contributed by atoms with E-state index in [9.17, 15) is 9.90 Å². The van der Waals surface area contributed by atoms with Crippen molar-refractivity contribution in [1.82, 2.24) is 0 Å². The van der Waals surface area contributed by atoms with Crippen LogP contribution in [0.2, 0.25) is 0 Å². The Hall–Kier alpha value is -1.35. The van der Waals surface area contributed by atoms with Gasteiger partial charge in [-0.05, 0) is 43.2 Å². The molecule has 1 aliphatic carbocycles. The lowest BCUT2D eigenvalue weighted by atomic mass is 9.80.